The Labute approximate surface area is 139 Å². The van der Waals surface area contributed by atoms with Gasteiger partial charge in [-0.25, -0.2) is 9.18 Å². The summed E-state index contributed by atoms with van der Waals surface area (Å²) >= 11 is 0. The normalized spacial score (nSPS) is 10.7. The molecule has 0 fully saturated rings. The molecule has 0 heterocycles. The first-order chi connectivity index (χ1) is 11.2. The number of nitrogens with one attached hydrogen (secondary N) is 3. The number of hydrogen-bond acceptors (Lipinski definition) is 4. The zero-order chi connectivity index (χ0) is 18.2. The molecule has 0 aromatic heterocycles. The van der Waals surface area contributed by atoms with Gasteiger partial charge in [0, 0.05) is 18.7 Å². The van der Waals surface area contributed by atoms with Crippen LogP contribution >= 0.6 is 0 Å². The Hall–Kier alpha value is -2.64. The summed E-state index contributed by atoms with van der Waals surface area (Å²) < 4.78 is 17.7. The number of amides is 3. The molecule has 0 radical (unpaired) electrons. The molecule has 0 bridgehead atoms. The predicted octanol–water partition coefficient (Wildman–Crippen LogP) is 1.20. The summed E-state index contributed by atoms with van der Waals surface area (Å²) in [4.78, 5) is 34.6. The zero-order valence-electron chi connectivity index (χ0n) is 13.9. The third-order valence-electron chi connectivity index (χ3n) is 2.63. The van der Waals surface area contributed by atoms with E-state index in [4.69, 9.17) is 4.74 Å². The van der Waals surface area contributed by atoms with Crippen molar-refractivity contribution in [3.05, 3.63) is 35.6 Å². The third-order valence-corrected chi connectivity index (χ3v) is 2.63. The Morgan fingerprint density at radius 1 is 1.00 bits per heavy atom. The monoisotopic (exact) mass is 339 g/mol. The van der Waals surface area contributed by atoms with Crippen LogP contribution in [-0.2, 0) is 9.53 Å². The molecule has 24 heavy (non-hydrogen) atoms. The molecule has 0 atom stereocenters. The van der Waals surface area contributed by atoms with Gasteiger partial charge in [-0.15, -0.1) is 0 Å². The van der Waals surface area contributed by atoms with Crippen molar-refractivity contribution in [1.82, 2.24) is 16.0 Å². The third kappa shape index (κ3) is 8.11. The quantitative estimate of drug-likeness (QED) is 0.679. The van der Waals surface area contributed by atoms with Gasteiger partial charge in [-0.05, 0) is 45.0 Å². The van der Waals surface area contributed by atoms with Gasteiger partial charge in [-0.1, -0.05) is 0 Å². The van der Waals surface area contributed by atoms with Crippen LogP contribution in [0, 0.1) is 5.82 Å². The van der Waals surface area contributed by atoms with Gasteiger partial charge in [0.2, 0.25) is 5.91 Å². The second kappa shape index (κ2) is 8.85. The molecule has 1 aromatic rings. The Kier molecular flexibility index (Phi) is 7.16. The summed E-state index contributed by atoms with van der Waals surface area (Å²) in [5, 5.41) is 7.44. The van der Waals surface area contributed by atoms with Gasteiger partial charge in [-0.2, -0.15) is 0 Å². The number of carbonyl (C=O) groups is 3. The number of halogens is 1. The van der Waals surface area contributed by atoms with Gasteiger partial charge in [-0.3, -0.25) is 9.59 Å². The van der Waals surface area contributed by atoms with Crippen molar-refractivity contribution in [2.24, 2.45) is 0 Å². The summed E-state index contributed by atoms with van der Waals surface area (Å²) in [5.74, 6) is -1.19. The average Bonchev–Trinajstić information content (AvgIpc) is 2.48. The van der Waals surface area contributed by atoms with E-state index in [1.54, 1.807) is 20.8 Å². The fourth-order valence-electron chi connectivity index (χ4n) is 1.61. The van der Waals surface area contributed by atoms with Crippen LogP contribution in [0.1, 0.15) is 31.1 Å². The molecule has 0 aliphatic rings. The van der Waals surface area contributed by atoms with Gasteiger partial charge in [0.05, 0.1) is 6.54 Å². The topological polar surface area (TPSA) is 96.5 Å². The first-order valence-corrected chi connectivity index (χ1v) is 7.45. The molecule has 7 nitrogen and oxygen atoms in total. The number of carbonyl (C=O) groups excluding carboxylic acids is 3. The maximum Gasteiger partial charge on any atom is 0.408 e. The molecule has 1 rings (SSSR count). The molecule has 0 unspecified atom stereocenters. The van der Waals surface area contributed by atoms with Gasteiger partial charge < -0.3 is 20.7 Å². The smallest absolute Gasteiger partial charge is 0.408 e. The Morgan fingerprint density at radius 3 is 2.17 bits per heavy atom. The Balaban J connectivity index is 2.18. The van der Waals surface area contributed by atoms with Crippen molar-refractivity contribution in [1.29, 1.82) is 0 Å². The van der Waals surface area contributed by atoms with E-state index in [-0.39, 0.29) is 25.5 Å². The van der Waals surface area contributed by atoms with Crippen molar-refractivity contribution >= 4 is 17.9 Å². The highest BCUT2D eigenvalue weighted by atomic mass is 19.1. The minimum atomic E-state index is -0.678. The van der Waals surface area contributed by atoms with E-state index in [1.807, 2.05) is 0 Å². The van der Waals surface area contributed by atoms with Gasteiger partial charge in [0.25, 0.3) is 5.91 Å². The predicted molar refractivity (Wildman–Crippen MR) is 86.0 cm³/mol. The van der Waals surface area contributed by atoms with Crippen LogP contribution in [0.15, 0.2) is 24.3 Å². The van der Waals surface area contributed by atoms with Crippen LogP contribution < -0.4 is 16.0 Å². The standard InChI is InChI=1S/C16H22FN3O4/c1-16(2,3)24-15(23)20-10-13(21)18-8-9-19-14(22)11-4-6-12(17)7-5-11/h4-7H,8-10H2,1-3H3,(H,18,21)(H,19,22)(H,20,23). The number of alkyl carbamates (subject to hydrolysis) is 1. The lowest BCUT2D eigenvalue weighted by Gasteiger charge is -2.19. The fourth-order valence-corrected chi connectivity index (χ4v) is 1.61. The van der Waals surface area contributed by atoms with Crippen LogP contribution in [-0.4, -0.2) is 43.1 Å². The summed E-state index contributed by atoms with van der Waals surface area (Å²) in [5.41, 5.74) is -0.306. The molecular weight excluding hydrogens is 317 g/mol. The Bertz CT molecular complexity index is 582. The zero-order valence-corrected chi connectivity index (χ0v) is 13.9. The van der Waals surface area contributed by atoms with Crippen molar-refractivity contribution in [2.75, 3.05) is 19.6 Å². The minimum Gasteiger partial charge on any atom is -0.444 e. The van der Waals surface area contributed by atoms with E-state index in [1.165, 1.54) is 24.3 Å². The largest absolute Gasteiger partial charge is 0.444 e. The SMILES string of the molecule is CC(C)(C)OC(=O)NCC(=O)NCCNC(=O)c1ccc(F)cc1. The molecule has 3 amide bonds. The van der Waals surface area contributed by atoms with Crippen LogP contribution in [0.3, 0.4) is 0 Å². The van der Waals surface area contributed by atoms with E-state index in [2.05, 4.69) is 16.0 Å². The molecule has 0 saturated heterocycles. The van der Waals surface area contributed by atoms with Crippen molar-refractivity contribution < 1.29 is 23.5 Å². The van der Waals surface area contributed by atoms with E-state index in [0.717, 1.165) is 0 Å². The number of ether oxygens (including phenoxy) is 1. The van der Waals surface area contributed by atoms with E-state index in [0.29, 0.717) is 5.56 Å². The van der Waals surface area contributed by atoms with Crippen LogP contribution in [0.4, 0.5) is 9.18 Å². The molecular formula is C16H22FN3O4. The molecule has 0 aliphatic heterocycles. The lowest BCUT2D eigenvalue weighted by Crippen LogP contribution is -2.42. The first kappa shape index (κ1) is 19.4. The molecule has 0 aliphatic carbocycles. The van der Waals surface area contributed by atoms with E-state index < -0.39 is 23.4 Å². The summed E-state index contributed by atoms with van der Waals surface area (Å²) in [6, 6.07) is 5.13. The molecule has 1 aromatic carbocycles. The maximum atomic E-state index is 12.7. The molecule has 8 heteroatoms. The van der Waals surface area contributed by atoms with Crippen molar-refractivity contribution in [3.63, 3.8) is 0 Å². The highest BCUT2D eigenvalue weighted by Crippen LogP contribution is 2.06. The first-order valence-electron chi connectivity index (χ1n) is 7.45. The summed E-state index contributed by atoms with van der Waals surface area (Å²) in [6.45, 7) is 5.33. The van der Waals surface area contributed by atoms with Gasteiger partial charge in [0.15, 0.2) is 0 Å². The van der Waals surface area contributed by atoms with Crippen molar-refractivity contribution in [2.45, 2.75) is 26.4 Å². The number of hydrogen-bond donors (Lipinski definition) is 3. The minimum absolute atomic E-state index is 0.196. The lowest BCUT2D eigenvalue weighted by atomic mass is 10.2. The number of benzene rings is 1. The lowest BCUT2D eigenvalue weighted by molar-refractivity contribution is -0.120. The highest BCUT2D eigenvalue weighted by Gasteiger charge is 2.16. The maximum absolute atomic E-state index is 12.7. The molecule has 0 saturated carbocycles. The van der Waals surface area contributed by atoms with Gasteiger partial charge in [0.1, 0.15) is 11.4 Å². The van der Waals surface area contributed by atoms with Crippen molar-refractivity contribution in [3.8, 4) is 0 Å². The second-order valence-electron chi connectivity index (χ2n) is 5.97. The van der Waals surface area contributed by atoms with Crippen LogP contribution in [0.2, 0.25) is 0 Å². The van der Waals surface area contributed by atoms with Crippen LogP contribution in [0.5, 0.6) is 0 Å². The molecule has 3 N–H and O–H groups in total. The highest BCUT2D eigenvalue weighted by molar-refractivity contribution is 5.94. The number of rotatable bonds is 6. The molecule has 132 valence electrons. The second-order valence-corrected chi connectivity index (χ2v) is 5.97. The summed E-state index contributed by atoms with van der Waals surface area (Å²) in [7, 11) is 0. The van der Waals surface area contributed by atoms with E-state index in [9.17, 15) is 18.8 Å². The Morgan fingerprint density at radius 2 is 1.58 bits per heavy atom. The molecule has 0 spiro atoms. The van der Waals surface area contributed by atoms with Crippen LogP contribution in [0.25, 0.3) is 0 Å². The fraction of sp³-hybridized carbons (Fsp3) is 0.438. The average molecular weight is 339 g/mol. The van der Waals surface area contributed by atoms with Gasteiger partial charge >= 0.3 is 6.09 Å². The van der Waals surface area contributed by atoms with E-state index >= 15 is 0 Å². The summed E-state index contributed by atoms with van der Waals surface area (Å²) in [6.07, 6.45) is -0.678.